The zero-order valence-electron chi connectivity index (χ0n) is 13.1. The molecular weight excluding hydrogens is 316 g/mol. The summed E-state index contributed by atoms with van der Waals surface area (Å²) in [6, 6.07) is 5.39. The predicted octanol–water partition coefficient (Wildman–Crippen LogP) is 2.39. The summed E-state index contributed by atoms with van der Waals surface area (Å²) in [7, 11) is 0. The van der Waals surface area contributed by atoms with Crippen molar-refractivity contribution in [1.29, 1.82) is 0 Å². The van der Waals surface area contributed by atoms with Crippen LogP contribution in [0.3, 0.4) is 0 Å². The molecule has 0 saturated carbocycles. The number of benzene rings is 1. The van der Waals surface area contributed by atoms with E-state index in [9.17, 15) is 29.9 Å². The van der Waals surface area contributed by atoms with E-state index in [1.54, 1.807) is 13.8 Å². The van der Waals surface area contributed by atoms with E-state index in [0.717, 1.165) is 0 Å². The molecule has 3 N–H and O–H groups in total. The maximum Gasteiger partial charge on any atom is 0.334 e. The van der Waals surface area contributed by atoms with Gasteiger partial charge in [0.2, 0.25) is 0 Å². The molecule has 1 aliphatic heterocycles. The summed E-state index contributed by atoms with van der Waals surface area (Å²) in [5, 5.41) is 32.9. The molecule has 0 fully saturated rings. The molecule has 0 amide bonds. The highest BCUT2D eigenvalue weighted by atomic mass is 16.6. The van der Waals surface area contributed by atoms with Crippen molar-refractivity contribution in [3.05, 3.63) is 62.5 Å². The number of allylic oxidation sites excluding steroid dienone is 2. The van der Waals surface area contributed by atoms with Gasteiger partial charge >= 0.3 is 11.9 Å². The fourth-order valence-electron chi connectivity index (χ4n) is 2.86. The number of hydrogen-bond acceptors (Lipinski definition) is 5. The van der Waals surface area contributed by atoms with Gasteiger partial charge in [0.05, 0.1) is 22.0 Å². The first-order chi connectivity index (χ1) is 11.3. The molecule has 1 aliphatic rings. The predicted molar refractivity (Wildman–Crippen MR) is 84.3 cm³/mol. The van der Waals surface area contributed by atoms with Crippen molar-refractivity contribution in [2.75, 3.05) is 0 Å². The minimum absolute atomic E-state index is 0.110. The van der Waals surface area contributed by atoms with Crippen LogP contribution < -0.4 is 5.32 Å². The number of nitrogens with zero attached hydrogens (tertiary/aromatic N) is 1. The Bertz CT molecular complexity index is 794. The molecule has 0 aromatic heterocycles. The second kappa shape index (κ2) is 6.53. The average molecular weight is 332 g/mol. The normalized spacial score (nSPS) is 17.5. The number of aliphatic carboxylic acids is 2. The first-order valence-corrected chi connectivity index (χ1v) is 7.19. The van der Waals surface area contributed by atoms with Crippen LogP contribution in [0.15, 0.2) is 46.8 Å². The number of non-ortho nitro benzene ring substituents is 1. The lowest BCUT2D eigenvalue weighted by Gasteiger charge is -2.29. The third-order valence-corrected chi connectivity index (χ3v) is 3.87. The highest BCUT2D eigenvalue weighted by molar-refractivity contribution is 5.98. The Hall–Kier alpha value is -3.16. The largest absolute Gasteiger partial charge is 0.478 e. The highest BCUT2D eigenvalue weighted by Gasteiger charge is 2.37. The van der Waals surface area contributed by atoms with Gasteiger partial charge in [0.25, 0.3) is 5.69 Å². The van der Waals surface area contributed by atoms with Crippen molar-refractivity contribution >= 4 is 17.6 Å². The Morgan fingerprint density at radius 1 is 1.25 bits per heavy atom. The minimum atomic E-state index is -1.27. The third kappa shape index (κ3) is 2.98. The van der Waals surface area contributed by atoms with Gasteiger partial charge in [-0.25, -0.2) is 9.59 Å². The van der Waals surface area contributed by atoms with Crippen molar-refractivity contribution in [2.45, 2.75) is 26.2 Å². The molecule has 1 heterocycles. The SMILES string of the molecule is CCC1=C(C(=O)O)C(c2cccc([N+](=O)[O-])c2)C(C(=O)O)=C(C)N1. The van der Waals surface area contributed by atoms with Crippen LogP contribution in [0.25, 0.3) is 0 Å². The smallest absolute Gasteiger partial charge is 0.334 e. The Labute approximate surface area is 137 Å². The van der Waals surface area contributed by atoms with Crippen LogP contribution in [0.5, 0.6) is 0 Å². The van der Waals surface area contributed by atoms with E-state index >= 15 is 0 Å². The van der Waals surface area contributed by atoms with Crippen LogP contribution in [-0.4, -0.2) is 27.1 Å². The number of nitro benzene ring substituents is 1. The lowest BCUT2D eigenvalue weighted by Crippen LogP contribution is -2.31. The second-order valence-corrected chi connectivity index (χ2v) is 5.30. The quantitative estimate of drug-likeness (QED) is 0.557. The van der Waals surface area contributed by atoms with Gasteiger partial charge < -0.3 is 15.5 Å². The number of carboxylic acids is 2. The van der Waals surface area contributed by atoms with E-state index in [2.05, 4.69) is 5.32 Å². The van der Waals surface area contributed by atoms with Crippen LogP contribution in [0.4, 0.5) is 5.69 Å². The highest BCUT2D eigenvalue weighted by Crippen LogP contribution is 2.39. The topological polar surface area (TPSA) is 130 Å². The zero-order chi connectivity index (χ0) is 18.0. The van der Waals surface area contributed by atoms with E-state index in [0.29, 0.717) is 17.8 Å². The van der Waals surface area contributed by atoms with Gasteiger partial charge in [-0.1, -0.05) is 19.1 Å². The van der Waals surface area contributed by atoms with Crippen molar-refractivity contribution < 1.29 is 24.7 Å². The van der Waals surface area contributed by atoms with Gasteiger partial charge in [-0.15, -0.1) is 0 Å². The molecule has 0 bridgehead atoms. The molecule has 24 heavy (non-hydrogen) atoms. The molecule has 0 radical (unpaired) electrons. The van der Waals surface area contributed by atoms with E-state index < -0.39 is 22.8 Å². The summed E-state index contributed by atoms with van der Waals surface area (Å²) < 4.78 is 0. The zero-order valence-corrected chi connectivity index (χ0v) is 13.1. The number of nitrogens with one attached hydrogen (secondary N) is 1. The fourth-order valence-corrected chi connectivity index (χ4v) is 2.86. The van der Waals surface area contributed by atoms with E-state index in [1.165, 1.54) is 24.3 Å². The molecule has 8 nitrogen and oxygen atoms in total. The van der Waals surface area contributed by atoms with Crippen molar-refractivity contribution in [3.63, 3.8) is 0 Å². The molecule has 1 aromatic carbocycles. The van der Waals surface area contributed by atoms with Crippen LogP contribution in [-0.2, 0) is 9.59 Å². The molecule has 0 spiro atoms. The molecule has 8 heteroatoms. The van der Waals surface area contributed by atoms with Crippen molar-refractivity contribution in [3.8, 4) is 0 Å². The van der Waals surface area contributed by atoms with Crippen LogP contribution in [0, 0.1) is 10.1 Å². The van der Waals surface area contributed by atoms with Crippen molar-refractivity contribution in [1.82, 2.24) is 5.32 Å². The summed E-state index contributed by atoms with van der Waals surface area (Å²) >= 11 is 0. The Kier molecular flexibility index (Phi) is 4.68. The standard InChI is InChI=1S/C16H16N2O6/c1-3-11-14(16(21)22)13(12(15(19)20)8(2)17-11)9-5-4-6-10(7-9)18(23)24/h4-7,13,17H,3H2,1-2H3,(H,19,20)(H,21,22). The maximum absolute atomic E-state index is 11.8. The molecular formula is C16H16N2O6. The molecule has 126 valence electrons. The lowest BCUT2D eigenvalue weighted by molar-refractivity contribution is -0.384. The monoisotopic (exact) mass is 332 g/mol. The summed E-state index contributed by atoms with van der Waals surface area (Å²) in [5.74, 6) is -3.62. The average Bonchev–Trinajstić information content (AvgIpc) is 2.52. The molecule has 1 unspecified atom stereocenters. The fraction of sp³-hybridized carbons (Fsp3) is 0.250. The van der Waals surface area contributed by atoms with Gasteiger partial charge in [0.1, 0.15) is 0 Å². The Balaban J connectivity index is 2.75. The van der Waals surface area contributed by atoms with E-state index in [-0.39, 0.29) is 22.4 Å². The lowest BCUT2D eigenvalue weighted by atomic mass is 9.80. The second-order valence-electron chi connectivity index (χ2n) is 5.30. The number of hydrogen-bond donors (Lipinski definition) is 3. The van der Waals surface area contributed by atoms with Gasteiger partial charge in [-0.3, -0.25) is 10.1 Å². The van der Waals surface area contributed by atoms with E-state index in [1.807, 2.05) is 0 Å². The molecule has 0 aliphatic carbocycles. The molecule has 0 saturated heterocycles. The number of rotatable bonds is 5. The number of carbonyl (C=O) groups is 2. The van der Waals surface area contributed by atoms with Crippen molar-refractivity contribution in [2.24, 2.45) is 0 Å². The summed E-state index contributed by atoms with van der Waals surface area (Å²) in [4.78, 5) is 33.8. The molecule has 2 rings (SSSR count). The van der Waals surface area contributed by atoms with E-state index in [4.69, 9.17) is 0 Å². The molecule has 1 atom stereocenters. The maximum atomic E-state index is 11.8. The first kappa shape index (κ1) is 17.2. The summed E-state index contributed by atoms with van der Waals surface area (Å²) in [6.07, 6.45) is 0.358. The summed E-state index contributed by atoms with van der Waals surface area (Å²) in [5.41, 5.74) is 0.496. The third-order valence-electron chi connectivity index (χ3n) is 3.87. The number of dihydropyridines is 1. The number of nitro groups is 1. The Morgan fingerprint density at radius 3 is 2.38 bits per heavy atom. The number of carboxylic acid groups (broad SMARTS) is 2. The van der Waals surface area contributed by atoms with Crippen LogP contribution >= 0.6 is 0 Å². The Morgan fingerprint density at radius 2 is 1.88 bits per heavy atom. The first-order valence-electron chi connectivity index (χ1n) is 7.19. The van der Waals surface area contributed by atoms with Gasteiger partial charge in [-0.2, -0.15) is 0 Å². The van der Waals surface area contributed by atoms with Crippen LogP contribution in [0.1, 0.15) is 31.7 Å². The summed E-state index contributed by atoms with van der Waals surface area (Å²) in [6.45, 7) is 3.29. The van der Waals surface area contributed by atoms with Gasteiger partial charge in [0, 0.05) is 23.5 Å². The minimum Gasteiger partial charge on any atom is -0.478 e. The molecule has 1 aromatic rings. The van der Waals surface area contributed by atoms with Crippen LogP contribution in [0.2, 0.25) is 0 Å². The van der Waals surface area contributed by atoms with Gasteiger partial charge in [-0.05, 0) is 18.9 Å². The van der Waals surface area contributed by atoms with Gasteiger partial charge in [0.15, 0.2) is 0 Å².